The summed E-state index contributed by atoms with van der Waals surface area (Å²) in [5.41, 5.74) is 1.00. The molecule has 1 aliphatic rings. The van der Waals surface area contributed by atoms with Crippen LogP contribution in [0, 0.1) is 0 Å². The lowest BCUT2D eigenvalue weighted by atomic mass is 10.1. The smallest absolute Gasteiger partial charge is 0.287 e. The number of carbonyl (C=O) groups is 1. The monoisotopic (exact) mass is 303 g/mol. The summed E-state index contributed by atoms with van der Waals surface area (Å²) in [5.74, 6) is 0.285. The third kappa shape index (κ3) is 2.76. The molecule has 7 heteroatoms. The number of amides is 1. The van der Waals surface area contributed by atoms with E-state index in [9.17, 15) is 4.79 Å². The van der Waals surface area contributed by atoms with Gasteiger partial charge in [0.2, 0.25) is 0 Å². The second kappa shape index (κ2) is 6.31. The Bertz CT molecular complexity index is 648. The molecule has 0 aromatic carbocycles. The van der Waals surface area contributed by atoms with Crippen LogP contribution in [0.25, 0.3) is 0 Å². The zero-order valence-corrected chi connectivity index (χ0v) is 12.9. The summed E-state index contributed by atoms with van der Waals surface area (Å²) in [6, 6.07) is -0.0518. The van der Waals surface area contributed by atoms with Crippen molar-refractivity contribution in [3.63, 3.8) is 0 Å². The fourth-order valence-corrected chi connectivity index (χ4v) is 2.77. The standard InChI is InChI=1S/C15H21N5O2/c1-3-19-7-6-16-14(19)15(21)18-12-5-8-22-13(12)11-9-17-20(4-2)10-11/h6-7,9-10,12-13H,3-5,8H2,1-2H3,(H,18,21)/t12-,13+/m0/s1. The zero-order chi connectivity index (χ0) is 15.5. The molecule has 1 aliphatic heterocycles. The zero-order valence-electron chi connectivity index (χ0n) is 12.9. The summed E-state index contributed by atoms with van der Waals surface area (Å²) in [5, 5.41) is 7.33. The van der Waals surface area contributed by atoms with Crippen LogP contribution < -0.4 is 5.32 Å². The van der Waals surface area contributed by atoms with Gasteiger partial charge in [-0.2, -0.15) is 5.10 Å². The highest BCUT2D eigenvalue weighted by atomic mass is 16.5. The van der Waals surface area contributed by atoms with Crippen molar-refractivity contribution >= 4 is 5.91 Å². The molecule has 2 aromatic rings. The summed E-state index contributed by atoms with van der Waals surface area (Å²) in [6.07, 6.45) is 7.89. The first kappa shape index (κ1) is 14.8. The lowest BCUT2D eigenvalue weighted by Crippen LogP contribution is -2.38. The first-order chi connectivity index (χ1) is 10.7. The van der Waals surface area contributed by atoms with Crippen molar-refractivity contribution in [3.05, 3.63) is 36.2 Å². The maximum atomic E-state index is 12.4. The van der Waals surface area contributed by atoms with Gasteiger partial charge >= 0.3 is 0 Å². The number of nitrogens with one attached hydrogen (secondary N) is 1. The van der Waals surface area contributed by atoms with Gasteiger partial charge in [0.1, 0.15) is 6.10 Å². The van der Waals surface area contributed by atoms with Crippen LogP contribution in [-0.2, 0) is 17.8 Å². The summed E-state index contributed by atoms with van der Waals surface area (Å²) < 4.78 is 9.48. The number of aryl methyl sites for hydroxylation is 2. The van der Waals surface area contributed by atoms with Gasteiger partial charge in [-0.1, -0.05) is 0 Å². The fourth-order valence-electron chi connectivity index (χ4n) is 2.77. The Balaban J connectivity index is 1.72. The van der Waals surface area contributed by atoms with Gasteiger partial charge in [-0.25, -0.2) is 4.98 Å². The SMILES string of the molecule is CCn1cc([C@H]2OCC[C@@H]2NC(=O)c2nccn2CC)cn1. The molecule has 0 saturated carbocycles. The molecule has 118 valence electrons. The van der Waals surface area contributed by atoms with Crippen LogP contribution >= 0.6 is 0 Å². The molecule has 1 amide bonds. The van der Waals surface area contributed by atoms with Crippen LogP contribution in [0.3, 0.4) is 0 Å². The molecule has 2 atom stereocenters. The van der Waals surface area contributed by atoms with Crippen molar-refractivity contribution in [1.29, 1.82) is 0 Å². The molecule has 1 fully saturated rings. The van der Waals surface area contributed by atoms with Crippen LogP contribution in [0.5, 0.6) is 0 Å². The van der Waals surface area contributed by atoms with E-state index in [2.05, 4.69) is 15.4 Å². The Labute approximate surface area is 129 Å². The minimum Gasteiger partial charge on any atom is -0.371 e. The first-order valence-corrected chi connectivity index (χ1v) is 7.68. The van der Waals surface area contributed by atoms with E-state index in [1.165, 1.54) is 0 Å². The van der Waals surface area contributed by atoms with Gasteiger partial charge in [-0.15, -0.1) is 0 Å². The van der Waals surface area contributed by atoms with E-state index in [1.54, 1.807) is 6.20 Å². The van der Waals surface area contributed by atoms with E-state index < -0.39 is 0 Å². The van der Waals surface area contributed by atoms with Crippen molar-refractivity contribution in [1.82, 2.24) is 24.6 Å². The quantitative estimate of drug-likeness (QED) is 0.905. The van der Waals surface area contributed by atoms with E-state index in [1.807, 2.05) is 41.7 Å². The van der Waals surface area contributed by atoms with Gasteiger partial charge in [0, 0.05) is 43.9 Å². The van der Waals surface area contributed by atoms with Gasteiger partial charge in [0.25, 0.3) is 5.91 Å². The molecule has 3 rings (SSSR count). The van der Waals surface area contributed by atoms with Gasteiger partial charge in [0.05, 0.1) is 12.2 Å². The fraction of sp³-hybridized carbons (Fsp3) is 0.533. The molecule has 0 aliphatic carbocycles. The van der Waals surface area contributed by atoms with Crippen molar-refractivity contribution < 1.29 is 9.53 Å². The number of ether oxygens (including phenoxy) is 1. The Morgan fingerprint density at radius 3 is 3.05 bits per heavy atom. The number of hydrogen-bond acceptors (Lipinski definition) is 4. The summed E-state index contributed by atoms with van der Waals surface area (Å²) in [4.78, 5) is 16.5. The van der Waals surface area contributed by atoms with Crippen molar-refractivity contribution in [2.75, 3.05) is 6.61 Å². The Kier molecular flexibility index (Phi) is 4.24. The summed E-state index contributed by atoms with van der Waals surface area (Å²) >= 11 is 0. The molecule has 0 bridgehead atoms. The normalized spacial score (nSPS) is 21.2. The molecule has 22 heavy (non-hydrogen) atoms. The average Bonchev–Trinajstić information content (AvgIpc) is 3.26. The highest BCUT2D eigenvalue weighted by molar-refractivity contribution is 5.91. The molecule has 0 radical (unpaired) electrons. The Morgan fingerprint density at radius 2 is 2.32 bits per heavy atom. The molecular weight excluding hydrogens is 282 g/mol. The highest BCUT2D eigenvalue weighted by Crippen LogP contribution is 2.29. The van der Waals surface area contributed by atoms with Crippen LogP contribution in [-0.4, -0.2) is 37.9 Å². The molecule has 7 nitrogen and oxygen atoms in total. The molecule has 3 heterocycles. The lowest BCUT2D eigenvalue weighted by molar-refractivity contribution is 0.0811. The predicted octanol–water partition coefficient (Wildman–Crippen LogP) is 1.38. The second-order valence-electron chi connectivity index (χ2n) is 5.33. The third-order valence-electron chi connectivity index (χ3n) is 3.97. The van der Waals surface area contributed by atoms with Gasteiger partial charge in [-0.3, -0.25) is 9.48 Å². The summed E-state index contributed by atoms with van der Waals surface area (Å²) in [6.45, 7) is 6.19. The van der Waals surface area contributed by atoms with E-state index in [4.69, 9.17) is 4.74 Å². The second-order valence-corrected chi connectivity index (χ2v) is 5.33. The molecule has 0 unspecified atom stereocenters. The van der Waals surface area contributed by atoms with E-state index in [0.29, 0.717) is 12.4 Å². The maximum Gasteiger partial charge on any atom is 0.287 e. The number of carbonyl (C=O) groups excluding carboxylic acids is 1. The van der Waals surface area contributed by atoms with Gasteiger partial charge < -0.3 is 14.6 Å². The molecular formula is C15H21N5O2. The number of hydrogen-bond donors (Lipinski definition) is 1. The van der Waals surface area contributed by atoms with Crippen LogP contribution in [0.1, 0.15) is 42.6 Å². The number of nitrogens with zero attached hydrogens (tertiary/aromatic N) is 4. The van der Waals surface area contributed by atoms with Crippen molar-refractivity contribution in [3.8, 4) is 0 Å². The number of imidazole rings is 1. The first-order valence-electron chi connectivity index (χ1n) is 7.68. The maximum absolute atomic E-state index is 12.4. The predicted molar refractivity (Wildman–Crippen MR) is 80.4 cm³/mol. The molecule has 0 spiro atoms. The summed E-state index contributed by atoms with van der Waals surface area (Å²) in [7, 11) is 0. The van der Waals surface area contributed by atoms with E-state index in [0.717, 1.165) is 25.1 Å². The van der Waals surface area contributed by atoms with E-state index >= 15 is 0 Å². The minimum absolute atomic E-state index is 0.0518. The largest absolute Gasteiger partial charge is 0.371 e. The van der Waals surface area contributed by atoms with Crippen LogP contribution in [0.4, 0.5) is 0 Å². The molecule has 2 aromatic heterocycles. The van der Waals surface area contributed by atoms with Crippen molar-refractivity contribution in [2.45, 2.75) is 45.5 Å². The third-order valence-corrected chi connectivity index (χ3v) is 3.97. The topological polar surface area (TPSA) is 74.0 Å². The number of rotatable bonds is 5. The van der Waals surface area contributed by atoms with Gasteiger partial charge in [-0.05, 0) is 20.3 Å². The average molecular weight is 303 g/mol. The Hall–Kier alpha value is -2.15. The van der Waals surface area contributed by atoms with Crippen LogP contribution in [0.2, 0.25) is 0 Å². The lowest BCUT2D eigenvalue weighted by Gasteiger charge is -2.18. The number of aromatic nitrogens is 4. The minimum atomic E-state index is -0.157. The molecule has 1 saturated heterocycles. The van der Waals surface area contributed by atoms with E-state index in [-0.39, 0.29) is 18.1 Å². The molecule has 1 N–H and O–H groups in total. The van der Waals surface area contributed by atoms with Crippen molar-refractivity contribution in [2.24, 2.45) is 0 Å². The van der Waals surface area contributed by atoms with Crippen LogP contribution in [0.15, 0.2) is 24.8 Å². The Morgan fingerprint density at radius 1 is 1.45 bits per heavy atom. The highest BCUT2D eigenvalue weighted by Gasteiger charge is 2.32. The van der Waals surface area contributed by atoms with Gasteiger partial charge in [0.15, 0.2) is 5.82 Å².